The van der Waals surface area contributed by atoms with E-state index in [1.165, 1.54) is 19.2 Å². The molecule has 2 N–H and O–H groups in total. The first kappa shape index (κ1) is 15.1. The van der Waals surface area contributed by atoms with Crippen LogP contribution in [-0.2, 0) is 0 Å². The molecule has 22 heavy (non-hydrogen) atoms. The van der Waals surface area contributed by atoms with Crippen LogP contribution in [0, 0.1) is 0 Å². The van der Waals surface area contributed by atoms with Gasteiger partial charge in [0.25, 0.3) is 11.8 Å². The Morgan fingerprint density at radius 3 is 2.50 bits per heavy atom. The molecule has 0 bridgehead atoms. The minimum absolute atomic E-state index is 0.106. The zero-order chi connectivity index (χ0) is 15.4. The Labute approximate surface area is 130 Å². The third-order valence-corrected chi connectivity index (χ3v) is 4.65. The van der Waals surface area contributed by atoms with E-state index in [9.17, 15) is 9.59 Å². The summed E-state index contributed by atoms with van der Waals surface area (Å²) in [5.74, 6) is -0.334. The van der Waals surface area contributed by atoms with Crippen LogP contribution in [0.25, 0.3) is 0 Å². The van der Waals surface area contributed by atoms with Crippen molar-refractivity contribution in [1.82, 2.24) is 20.2 Å². The standard InChI is InChI=1S/C16H24N4O2/c21-15(19-12-7-3-1-4-8-12)13-14(18-11-17-13)16(22)20-9-5-2-6-10-20/h11-12H,1-10H2,(H,17,18)(H,19,21). The van der Waals surface area contributed by atoms with Crippen molar-refractivity contribution >= 4 is 11.8 Å². The lowest BCUT2D eigenvalue weighted by atomic mass is 9.95. The number of imidazole rings is 1. The first-order chi connectivity index (χ1) is 10.8. The molecule has 1 aliphatic carbocycles. The van der Waals surface area contributed by atoms with Gasteiger partial charge in [-0.3, -0.25) is 9.59 Å². The number of carbonyl (C=O) groups is 2. The zero-order valence-corrected chi connectivity index (χ0v) is 12.9. The maximum absolute atomic E-state index is 12.6. The molecular formula is C16H24N4O2. The van der Waals surface area contributed by atoms with Gasteiger partial charge in [-0.2, -0.15) is 0 Å². The van der Waals surface area contributed by atoms with E-state index in [4.69, 9.17) is 0 Å². The molecule has 6 heteroatoms. The Morgan fingerprint density at radius 1 is 1.09 bits per heavy atom. The van der Waals surface area contributed by atoms with Gasteiger partial charge in [0.1, 0.15) is 5.69 Å². The Morgan fingerprint density at radius 2 is 1.77 bits per heavy atom. The number of hydrogen-bond acceptors (Lipinski definition) is 3. The predicted molar refractivity (Wildman–Crippen MR) is 82.7 cm³/mol. The van der Waals surface area contributed by atoms with Gasteiger partial charge in [0.05, 0.1) is 6.33 Å². The summed E-state index contributed by atoms with van der Waals surface area (Å²) in [7, 11) is 0. The van der Waals surface area contributed by atoms with Gasteiger partial charge in [0.2, 0.25) is 0 Å². The molecule has 0 atom stereocenters. The molecule has 1 saturated carbocycles. The number of likely N-dealkylation sites (tertiary alicyclic amines) is 1. The van der Waals surface area contributed by atoms with Gasteiger partial charge in [-0.15, -0.1) is 0 Å². The molecule has 2 fully saturated rings. The van der Waals surface area contributed by atoms with Crippen molar-refractivity contribution in [3.8, 4) is 0 Å². The third kappa shape index (κ3) is 3.31. The van der Waals surface area contributed by atoms with Crippen molar-refractivity contribution in [2.75, 3.05) is 13.1 Å². The van der Waals surface area contributed by atoms with Gasteiger partial charge in [0.15, 0.2) is 5.69 Å². The highest BCUT2D eigenvalue weighted by atomic mass is 16.2. The largest absolute Gasteiger partial charge is 0.348 e. The van der Waals surface area contributed by atoms with Gasteiger partial charge in [-0.1, -0.05) is 19.3 Å². The second kappa shape index (κ2) is 6.94. The van der Waals surface area contributed by atoms with E-state index in [0.717, 1.165) is 51.6 Å². The summed E-state index contributed by atoms with van der Waals surface area (Å²) in [6, 6.07) is 0.218. The Balaban J connectivity index is 1.67. The van der Waals surface area contributed by atoms with Gasteiger partial charge < -0.3 is 15.2 Å². The maximum Gasteiger partial charge on any atom is 0.272 e. The number of aromatic nitrogens is 2. The maximum atomic E-state index is 12.6. The Kier molecular flexibility index (Phi) is 4.75. The van der Waals surface area contributed by atoms with Crippen LogP contribution in [0.2, 0.25) is 0 Å². The summed E-state index contributed by atoms with van der Waals surface area (Å²) in [6.07, 6.45) is 10.3. The molecule has 2 aliphatic rings. The highest BCUT2D eigenvalue weighted by molar-refractivity contribution is 6.04. The van der Waals surface area contributed by atoms with Crippen molar-refractivity contribution in [2.24, 2.45) is 0 Å². The Bertz CT molecular complexity index is 528. The number of carbonyl (C=O) groups excluding carboxylic acids is 2. The third-order valence-electron chi connectivity index (χ3n) is 4.65. The van der Waals surface area contributed by atoms with Crippen molar-refractivity contribution in [3.63, 3.8) is 0 Å². The van der Waals surface area contributed by atoms with E-state index in [-0.39, 0.29) is 23.6 Å². The van der Waals surface area contributed by atoms with Crippen LogP contribution in [0.3, 0.4) is 0 Å². The van der Waals surface area contributed by atoms with Crippen LogP contribution in [0.15, 0.2) is 6.33 Å². The summed E-state index contributed by atoms with van der Waals surface area (Å²) < 4.78 is 0. The number of H-pyrrole nitrogens is 1. The second-order valence-corrected chi connectivity index (χ2v) is 6.29. The monoisotopic (exact) mass is 304 g/mol. The average Bonchev–Trinajstić information content (AvgIpc) is 3.05. The first-order valence-corrected chi connectivity index (χ1v) is 8.39. The van der Waals surface area contributed by atoms with E-state index in [0.29, 0.717) is 5.69 Å². The SMILES string of the molecule is O=C(NC1CCCCC1)c1nc[nH]c1C(=O)N1CCCCC1. The van der Waals surface area contributed by atoms with Gasteiger partial charge >= 0.3 is 0 Å². The van der Waals surface area contributed by atoms with E-state index < -0.39 is 0 Å². The fourth-order valence-corrected chi connectivity index (χ4v) is 3.39. The molecule has 0 radical (unpaired) electrons. The molecular weight excluding hydrogens is 280 g/mol. The number of aromatic amines is 1. The highest BCUT2D eigenvalue weighted by Gasteiger charge is 2.27. The smallest absolute Gasteiger partial charge is 0.272 e. The van der Waals surface area contributed by atoms with E-state index in [2.05, 4.69) is 15.3 Å². The minimum Gasteiger partial charge on any atom is -0.348 e. The highest BCUT2D eigenvalue weighted by Crippen LogP contribution is 2.18. The summed E-state index contributed by atoms with van der Waals surface area (Å²) >= 11 is 0. The van der Waals surface area contributed by atoms with Crippen LogP contribution >= 0.6 is 0 Å². The first-order valence-electron chi connectivity index (χ1n) is 8.39. The number of piperidine rings is 1. The summed E-state index contributed by atoms with van der Waals surface area (Å²) in [5.41, 5.74) is 0.566. The molecule has 1 aromatic heterocycles. The molecule has 2 amide bonds. The zero-order valence-electron chi connectivity index (χ0n) is 12.9. The molecule has 1 aromatic rings. The van der Waals surface area contributed by atoms with E-state index in [1.807, 2.05) is 4.90 Å². The van der Waals surface area contributed by atoms with Crippen molar-refractivity contribution in [1.29, 1.82) is 0 Å². The summed E-state index contributed by atoms with van der Waals surface area (Å²) in [4.78, 5) is 33.7. The van der Waals surface area contributed by atoms with Gasteiger partial charge in [0, 0.05) is 19.1 Å². The van der Waals surface area contributed by atoms with E-state index >= 15 is 0 Å². The predicted octanol–water partition coefficient (Wildman–Crippen LogP) is 2.10. The van der Waals surface area contributed by atoms with Crippen LogP contribution in [0.5, 0.6) is 0 Å². The average molecular weight is 304 g/mol. The van der Waals surface area contributed by atoms with Gasteiger partial charge in [-0.05, 0) is 32.1 Å². The molecule has 1 aliphatic heterocycles. The number of rotatable bonds is 3. The number of nitrogens with zero attached hydrogens (tertiary/aromatic N) is 2. The molecule has 6 nitrogen and oxygen atoms in total. The second-order valence-electron chi connectivity index (χ2n) is 6.29. The molecule has 0 unspecified atom stereocenters. The fraction of sp³-hybridized carbons (Fsp3) is 0.688. The number of hydrogen-bond donors (Lipinski definition) is 2. The summed E-state index contributed by atoms with van der Waals surface area (Å²) in [5, 5.41) is 3.03. The van der Waals surface area contributed by atoms with Gasteiger partial charge in [-0.25, -0.2) is 4.98 Å². The quantitative estimate of drug-likeness (QED) is 0.897. The normalized spacial score (nSPS) is 19.9. The molecule has 0 aromatic carbocycles. The molecule has 1 saturated heterocycles. The van der Waals surface area contributed by atoms with Crippen molar-refractivity contribution in [2.45, 2.75) is 57.4 Å². The molecule has 3 rings (SSSR count). The lowest BCUT2D eigenvalue weighted by Gasteiger charge is -2.26. The van der Waals surface area contributed by atoms with Crippen molar-refractivity contribution in [3.05, 3.63) is 17.7 Å². The van der Waals surface area contributed by atoms with E-state index in [1.54, 1.807) is 0 Å². The lowest BCUT2D eigenvalue weighted by Crippen LogP contribution is -2.39. The van der Waals surface area contributed by atoms with Crippen LogP contribution in [0.1, 0.15) is 72.3 Å². The number of amides is 2. The topological polar surface area (TPSA) is 78.1 Å². The summed E-state index contributed by atoms with van der Waals surface area (Å²) in [6.45, 7) is 1.53. The molecule has 0 spiro atoms. The van der Waals surface area contributed by atoms with Crippen LogP contribution in [-0.4, -0.2) is 45.8 Å². The fourth-order valence-electron chi connectivity index (χ4n) is 3.39. The lowest BCUT2D eigenvalue weighted by molar-refractivity contribution is 0.0712. The Hall–Kier alpha value is -1.85. The molecule has 120 valence electrons. The minimum atomic E-state index is -0.228. The number of nitrogens with one attached hydrogen (secondary N) is 2. The van der Waals surface area contributed by atoms with Crippen LogP contribution in [0.4, 0.5) is 0 Å². The van der Waals surface area contributed by atoms with Crippen LogP contribution < -0.4 is 5.32 Å². The van der Waals surface area contributed by atoms with Crippen molar-refractivity contribution < 1.29 is 9.59 Å². The molecule has 2 heterocycles.